The van der Waals surface area contributed by atoms with Crippen molar-refractivity contribution in [3.05, 3.63) is 0 Å². The summed E-state index contributed by atoms with van der Waals surface area (Å²) in [5.74, 6) is -4.06. The average Bonchev–Trinajstić information content (AvgIpc) is 2.41. The molecule has 0 radical (unpaired) electrons. The molecule has 2 atom stereocenters. The zero-order valence-electron chi connectivity index (χ0n) is 12.7. The van der Waals surface area contributed by atoms with Gasteiger partial charge in [0.25, 0.3) is 0 Å². The molecule has 0 heterocycles. The summed E-state index contributed by atoms with van der Waals surface area (Å²) in [6.45, 7) is 2.60. The van der Waals surface area contributed by atoms with Crippen molar-refractivity contribution in [2.75, 3.05) is 0 Å². The molecule has 0 saturated heterocycles. The number of carboxylic acids is 3. The third-order valence-corrected chi connectivity index (χ3v) is 3.07. The summed E-state index contributed by atoms with van der Waals surface area (Å²) in [4.78, 5) is 55.0. The Hall–Kier alpha value is -2.65. The SMILES string of the molecule is CC(C)(C[C@H](NC(=O)N[C@@H](CCC=O)C(=O)O)C(=O)O)C(=O)O. The van der Waals surface area contributed by atoms with Gasteiger partial charge in [-0.2, -0.15) is 0 Å². The fraction of sp³-hybridized carbons (Fsp3) is 0.615. The Kier molecular flexibility index (Phi) is 7.71. The van der Waals surface area contributed by atoms with Gasteiger partial charge in [-0.25, -0.2) is 14.4 Å². The normalized spacial score (nSPS) is 13.5. The largest absolute Gasteiger partial charge is 0.481 e. The number of nitrogens with one attached hydrogen (secondary N) is 2. The van der Waals surface area contributed by atoms with E-state index in [4.69, 9.17) is 15.3 Å². The van der Waals surface area contributed by atoms with Crippen LogP contribution in [-0.4, -0.2) is 57.6 Å². The van der Waals surface area contributed by atoms with Crippen LogP contribution in [0.5, 0.6) is 0 Å². The number of carbonyl (C=O) groups is 5. The quantitative estimate of drug-likeness (QED) is 0.338. The molecule has 10 nitrogen and oxygen atoms in total. The number of carboxylic acid groups (broad SMARTS) is 3. The van der Waals surface area contributed by atoms with E-state index < -0.39 is 47.9 Å². The molecular weight excluding hydrogens is 312 g/mol. The van der Waals surface area contributed by atoms with Crippen LogP contribution in [0, 0.1) is 5.41 Å². The van der Waals surface area contributed by atoms with Crippen LogP contribution in [0.1, 0.15) is 33.1 Å². The number of urea groups is 1. The van der Waals surface area contributed by atoms with Crippen molar-refractivity contribution in [2.45, 2.75) is 45.2 Å². The van der Waals surface area contributed by atoms with E-state index in [-0.39, 0.29) is 12.8 Å². The molecule has 0 aromatic carbocycles. The second-order valence-electron chi connectivity index (χ2n) is 5.54. The lowest BCUT2D eigenvalue weighted by Gasteiger charge is -2.24. The van der Waals surface area contributed by atoms with E-state index in [1.807, 2.05) is 10.6 Å². The zero-order valence-corrected chi connectivity index (χ0v) is 12.7. The smallest absolute Gasteiger partial charge is 0.326 e. The van der Waals surface area contributed by atoms with Gasteiger partial charge in [0.1, 0.15) is 18.4 Å². The molecule has 5 N–H and O–H groups in total. The van der Waals surface area contributed by atoms with Gasteiger partial charge in [-0.3, -0.25) is 4.79 Å². The molecule has 23 heavy (non-hydrogen) atoms. The van der Waals surface area contributed by atoms with Gasteiger partial charge in [0.2, 0.25) is 0 Å². The van der Waals surface area contributed by atoms with E-state index in [1.165, 1.54) is 13.8 Å². The molecule has 2 amide bonds. The lowest BCUT2D eigenvalue weighted by Crippen LogP contribution is -2.52. The lowest BCUT2D eigenvalue weighted by molar-refractivity contribution is -0.149. The van der Waals surface area contributed by atoms with Gasteiger partial charge in [0.15, 0.2) is 0 Å². The first-order valence-corrected chi connectivity index (χ1v) is 6.71. The van der Waals surface area contributed by atoms with Crippen molar-refractivity contribution in [3.63, 3.8) is 0 Å². The minimum absolute atomic E-state index is 0.0916. The molecule has 0 aromatic heterocycles. The van der Waals surface area contributed by atoms with E-state index in [1.54, 1.807) is 0 Å². The van der Waals surface area contributed by atoms with Crippen LogP contribution < -0.4 is 10.6 Å². The molecule has 0 aliphatic heterocycles. The second-order valence-corrected chi connectivity index (χ2v) is 5.54. The van der Waals surface area contributed by atoms with Gasteiger partial charge >= 0.3 is 23.9 Å². The topological polar surface area (TPSA) is 170 Å². The van der Waals surface area contributed by atoms with Gasteiger partial charge in [-0.1, -0.05) is 0 Å². The summed E-state index contributed by atoms with van der Waals surface area (Å²) < 4.78 is 0. The molecule has 0 bridgehead atoms. The predicted octanol–water partition coefficient (Wildman–Crippen LogP) is -0.328. The van der Waals surface area contributed by atoms with Gasteiger partial charge in [0, 0.05) is 6.42 Å². The molecule has 0 aromatic rings. The molecule has 10 heteroatoms. The molecule has 0 saturated carbocycles. The number of rotatable bonds is 10. The highest BCUT2D eigenvalue weighted by Gasteiger charge is 2.35. The Labute approximate surface area is 131 Å². The van der Waals surface area contributed by atoms with Crippen LogP contribution in [0.2, 0.25) is 0 Å². The third-order valence-electron chi connectivity index (χ3n) is 3.07. The summed E-state index contributed by atoms with van der Waals surface area (Å²) in [6.07, 6.45) is -0.140. The Morgan fingerprint density at radius 3 is 1.87 bits per heavy atom. The van der Waals surface area contributed by atoms with Crippen molar-refractivity contribution in [1.29, 1.82) is 0 Å². The standard InChI is InChI=1S/C13H20N2O8/c1-13(2,11(21)22)6-8(10(19)20)15-12(23)14-7(9(17)18)4-3-5-16/h5,7-8H,3-4,6H2,1-2H3,(H,17,18)(H,19,20)(H,21,22)(H2,14,15,23)/t7-,8-/m0/s1. The first-order valence-electron chi connectivity index (χ1n) is 6.71. The highest BCUT2D eigenvalue weighted by Crippen LogP contribution is 2.22. The Morgan fingerprint density at radius 1 is 1.00 bits per heavy atom. The molecule has 0 aliphatic carbocycles. The summed E-state index contributed by atoms with van der Waals surface area (Å²) in [5, 5.41) is 31.0. The van der Waals surface area contributed by atoms with Gasteiger partial charge < -0.3 is 30.7 Å². The van der Waals surface area contributed by atoms with Crippen LogP contribution in [0.4, 0.5) is 4.79 Å². The van der Waals surface area contributed by atoms with E-state index in [9.17, 15) is 24.0 Å². The Morgan fingerprint density at radius 2 is 1.48 bits per heavy atom. The monoisotopic (exact) mass is 332 g/mol. The molecule has 0 fully saturated rings. The van der Waals surface area contributed by atoms with Crippen molar-refractivity contribution in [3.8, 4) is 0 Å². The second kappa shape index (κ2) is 8.71. The van der Waals surface area contributed by atoms with Gasteiger partial charge in [-0.05, 0) is 26.7 Å². The Bertz CT molecular complexity index is 488. The van der Waals surface area contributed by atoms with E-state index >= 15 is 0 Å². The number of hydrogen-bond donors (Lipinski definition) is 5. The Balaban J connectivity index is 4.85. The number of aliphatic carboxylic acids is 3. The van der Waals surface area contributed by atoms with Gasteiger partial charge in [-0.15, -0.1) is 0 Å². The van der Waals surface area contributed by atoms with Crippen molar-refractivity contribution < 1.29 is 39.3 Å². The average molecular weight is 332 g/mol. The van der Waals surface area contributed by atoms with Crippen molar-refractivity contribution in [2.24, 2.45) is 5.41 Å². The van der Waals surface area contributed by atoms with E-state index in [0.717, 1.165) is 0 Å². The maximum absolute atomic E-state index is 11.7. The van der Waals surface area contributed by atoms with E-state index in [0.29, 0.717) is 6.29 Å². The number of amides is 2. The molecule has 130 valence electrons. The summed E-state index contributed by atoms with van der Waals surface area (Å²) in [5.41, 5.74) is -1.40. The zero-order chi connectivity index (χ0) is 18.2. The predicted molar refractivity (Wildman–Crippen MR) is 75.8 cm³/mol. The first-order chi connectivity index (χ1) is 10.5. The first kappa shape index (κ1) is 20.3. The van der Waals surface area contributed by atoms with E-state index in [2.05, 4.69) is 0 Å². The van der Waals surface area contributed by atoms with Crippen LogP contribution in [0.15, 0.2) is 0 Å². The highest BCUT2D eigenvalue weighted by molar-refractivity contribution is 5.86. The van der Waals surface area contributed by atoms with Gasteiger partial charge in [0.05, 0.1) is 5.41 Å². The maximum atomic E-state index is 11.7. The van der Waals surface area contributed by atoms with Crippen LogP contribution >= 0.6 is 0 Å². The summed E-state index contributed by atoms with van der Waals surface area (Å²) >= 11 is 0. The fourth-order valence-corrected chi connectivity index (χ4v) is 1.65. The molecule has 0 unspecified atom stereocenters. The number of carbonyl (C=O) groups excluding carboxylic acids is 2. The fourth-order valence-electron chi connectivity index (χ4n) is 1.65. The summed E-state index contributed by atoms with van der Waals surface area (Å²) in [6, 6.07) is -3.94. The molecule has 0 rings (SSSR count). The molecule has 0 aliphatic rings. The maximum Gasteiger partial charge on any atom is 0.326 e. The summed E-state index contributed by atoms with van der Waals surface area (Å²) in [7, 11) is 0. The third kappa shape index (κ3) is 7.25. The van der Waals surface area contributed by atoms with Crippen molar-refractivity contribution >= 4 is 30.2 Å². The lowest BCUT2D eigenvalue weighted by atomic mass is 9.86. The molecular formula is C13H20N2O8. The van der Waals surface area contributed by atoms with Crippen LogP contribution in [-0.2, 0) is 19.2 Å². The number of hydrogen-bond acceptors (Lipinski definition) is 5. The minimum atomic E-state index is -1.51. The highest BCUT2D eigenvalue weighted by atomic mass is 16.4. The minimum Gasteiger partial charge on any atom is -0.481 e. The van der Waals surface area contributed by atoms with Crippen molar-refractivity contribution in [1.82, 2.24) is 10.6 Å². The molecule has 0 spiro atoms. The van der Waals surface area contributed by atoms with Crippen LogP contribution in [0.3, 0.4) is 0 Å². The number of aldehydes is 1. The van der Waals surface area contributed by atoms with Crippen LogP contribution in [0.25, 0.3) is 0 Å².